The van der Waals surface area contributed by atoms with Crippen molar-refractivity contribution in [3.05, 3.63) is 42.1 Å². The predicted molar refractivity (Wildman–Crippen MR) is 60.0 cm³/mol. The summed E-state index contributed by atoms with van der Waals surface area (Å²) in [6.45, 7) is 4.27. The van der Waals surface area contributed by atoms with E-state index in [0.717, 1.165) is 19.5 Å². The number of hydrogen-bond donors (Lipinski definition) is 0. The second kappa shape index (κ2) is 5.81. The van der Waals surface area contributed by atoms with Gasteiger partial charge in [0.15, 0.2) is 0 Å². The van der Waals surface area contributed by atoms with Crippen LogP contribution in [0.2, 0.25) is 0 Å². The maximum absolute atomic E-state index is 4.07. The van der Waals surface area contributed by atoms with Gasteiger partial charge in [-0.25, -0.2) is 4.99 Å². The lowest BCUT2D eigenvalue weighted by molar-refractivity contribution is -0.00000288. The van der Waals surface area contributed by atoms with Crippen molar-refractivity contribution in [2.45, 2.75) is 13.3 Å². The molecular formula is C12H15BrN2. The molecule has 0 unspecified atom stereocenters. The minimum absolute atomic E-state index is 0. The molecule has 0 aromatic carbocycles. The van der Waals surface area contributed by atoms with E-state index in [2.05, 4.69) is 41.2 Å². The summed E-state index contributed by atoms with van der Waals surface area (Å²) in [7, 11) is 0. The number of aliphatic imine (C=N–C) groups is 1. The zero-order valence-electron chi connectivity index (χ0n) is 8.86. The van der Waals surface area contributed by atoms with Gasteiger partial charge in [-0.15, -0.1) is 0 Å². The lowest BCUT2D eigenvalue weighted by Crippen LogP contribution is -3.00. The van der Waals surface area contributed by atoms with Crippen LogP contribution in [0.1, 0.15) is 13.3 Å². The van der Waals surface area contributed by atoms with Crippen LogP contribution in [0.3, 0.4) is 0 Å². The first-order chi connectivity index (χ1) is 6.90. The Balaban J connectivity index is 0.00000112. The Morgan fingerprint density at radius 2 is 2.40 bits per heavy atom. The molecular weight excluding hydrogens is 252 g/mol. The largest absolute Gasteiger partial charge is 1.00 e. The van der Waals surface area contributed by atoms with E-state index in [1.54, 1.807) is 0 Å². The summed E-state index contributed by atoms with van der Waals surface area (Å²) in [5.41, 5.74) is 1.34. The molecule has 0 saturated carbocycles. The summed E-state index contributed by atoms with van der Waals surface area (Å²) in [5.74, 6) is 1.37. The van der Waals surface area contributed by atoms with Gasteiger partial charge < -0.3 is 21.9 Å². The number of hydrogen-bond acceptors (Lipinski definition) is 2. The summed E-state index contributed by atoms with van der Waals surface area (Å²) < 4.78 is 0. The standard InChI is InChI=1S/C12H15N2.BrH/c1-2-14-9-5-12(6-10-14)11-3-7-13-8-4-11;/h3,5-9H,2,4,10H2,1H3;1H/q+1;/p-1. The van der Waals surface area contributed by atoms with Gasteiger partial charge in [0.25, 0.3) is 0 Å². The Morgan fingerprint density at radius 3 is 2.93 bits per heavy atom. The van der Waals surface area contributed by atoms with Gasteiger partial charge in [0.05, 0.1) is 24.2 Å². The number of halogens is 1. The third kappa shape index (κ3) is 2.99. The van der Waals surface area contributed by atoms with Gasteiger partial charge in [-0.05, 0) is 6.92 Å². The first-order valence-electron chi connectivity index (χ1n) is 5.07. The smallest absolute Gasteiger partial charge is 0.0976 e. The second-order valence-corrected chi connectivity index (χ2v) is 3.44. The Hall–Kier alpha value is -0.960. The number of nitrogens with zero attached hydrogens (tertiary/aromatic N) is 2. The summed E-state index contributed by atoms with van der Waals surface area (Å²) >= 11 is 0. The molecule has 3 heteroatoms. The SMILES string of the molecule is CCN1C=CC([C+]2C=CN=CC2)=CC1.[Br-]. The molecule has 0 aromatic rings. The van der Waals surface area contributed by atoms with Crippen LogP contribution in [-0.4, -0.2) is 24.2 Å². The molecule has 0 fully saturated rings. The Morgan fingerprint density at radius 1 is 1.53 bits per heavy atom. The molecule has 2 heterocycles. The second-order valence-electron chi connectivity index (χ2n) is 3.44. The monoisotopic (exact) mass is 266 g/mol. The molecule has 0 bridgehead atoms. The van der Waals surface area contributed by atoms with Crippen LogP contribution in [-0.2, 0) is 0 Å². The Bertz CT molecular complexity index is 316. The molecule has 2 rings (SSSR count). The quantitative estimate of drug-likeness (QED) is 0.606. The molecule has 2 nitrogen and oxygen atoms in total. The first kappa shape index (κ1) is 12.1. The molecule has 80 valence electrons. The Labute approximate surface area is 102 Å². The number of rotatable bonds is 2. The molecule has 2 aliphatic heterocycles. The van der Waals surface area contributed by atoms with E-state index >= 15 is 0 Å². The fourth-order valence-corrected chi connectivity index (χ4v) is 1.63. The van der Waals surface area contributed by atoms with Gasteiger partial charge in [-0.3, -0.25) is 0 Å². The van der Waals surface area contributed by atoms with Crippen LogP contribution >= 0.6 is 0 Å². The molecule has 0 radical (unpaired) electrons. The molecule has 0 saturated heterocycles. The molecule has 0 spiro atoms. The lowest BCUT2D eigenvalue weighted by atomic mass is 9.93. The third-order valence-electron chi connectivity index (χ3n) is 2.57. The van der Waals surface area contributed by atoms with Crippen LogP contribution in [0.4, 0.5) is 0 Å². The van der Waals surface area contributed by atoms with Crippen molar-refractivity contribution < 1.29 is 17.0 Å². The lowest BCUT2D eigenvalue weighted by Gasteiger charge is -2.18. The fourth-order valence-electron chi connectivity index (χ4n) is 1.63. The molecule has 0 aliphatic carbocycles. The number of likely N-dealkylation sites (N-methyl/N-ethyl adjacent to an activating group) is 1. The van der Waals surface area contributed by atoms with E-state index in [0.29, 0.717) is 0 Å². The van der Waals surface area contributed by atoms with Crippen molar-refractivity contribution >= 4 is 6.21 Å². The molecule has 15 heavy (non-hydrogen) atoms. The van der Waals surface area contributed by atoms with E-state index < -0.39 is 0 Å². The van der Waals surface area contributed by atoms with Crippen LogP contribution in [0.5, 0.6) is 0 Å². The van der Waals surface area contributed by atoms with Crippen molar-refractivity contribution in [3.63, 3.8) is 0 Å². The first-order valence-corrected chi connectivity index (χ1v) is 5.07. The van der Waals surface area contributed by atoms with Crippen LogP contribution in [0.15, 0.2) is 41.2 Å². The van der Waals surface area contributed by atoms with Gasteiger partial charge >= 0.3 is 0 Å². The maximum Gasteiger partial charge on any atom is 0.0976 e. The van der Waals surface area contributed by atoms with E-state index in [1.807, 2.05) is 12.4 Å². The van der Waals surface area contributed by atoms with E-state index in [-0.39, 0.29) is 17.0 Å². The van der Waals surface area contributed by atoms with E-state index in [9.17, 15) is 0 Å². The van der Waals surface area contributed by atoms with Crippen molar-refractivity contribution in [1.82, 2.24) is 4.90 Å². The van der Waals surface area contributed by atoms with Crippen molar-refractivity contribution in [1.29, 1.82) is 0 Å². The average molecular weight is 267 g/mol. The van der Waals surface area contributed by atoms with Crippen molar-refractivity contribution in [2.24, 2.45) is 4.99 Å². The van der Waals surface area contributed by atoms with E-state index in [4.69, 9.17) is 0 Å². The fraction of sp³-hybridized carbons (Fsp3) is 0.333. The minimum Gasteiger partial charge on any atom is -1.00 e. The molecule has 2 aliphatic rings. The van der Waals surface area contributed by atoms with Gasteiger partial charge in [0, 0.05) is 43.6 Å². The summed E-state index contributed by atoms with van der Waals surface area (Å²) in [6.07, 6.45) is 13.5. The van der Waals surface area contributed by atoms with Gasteiger partial charge in [0.2, 0.25) is 0 Å². The van der Waals surface area contributed by atoms with Gasteiger partial charge in [-0.1, -0.05) is 0 Å². The highest BCUT2D eigenvalue weighted by atomic mass is 79.9. The van der Waals surface area contributed by atoms with Crippen LogP contribution in [0, 0.1) is 5.92 Å². The third-order valence-corrected chi connectivity index (χ3v) is 2.57. The van der Waals surface area contributed by atoms with Crippen molar-refractivity contribution in [3.8, 4) is 0 Å². The highest BCUT2D eigenvalue weighted by Gasteiger charge is 2.19. The topological polar surface area (TPSA) is 15.6 Å². The molecule has 0 amide bonds. The minimum atomic E-state index is 0. The average Bonchev–Trinajstić information content (AvgIpc) is 2.30. The van der Waals surface area contributed by atoms with Gasteiger partial charge in [0.1, 0.15) is 0 Å². The zero-order valence-corrected chi connectivity index (χ0v) is 10.4. The summed E-state index contributed by atoms with van der Waals surface area (Å²) in [6, 6.07) is 0. The van der Waals surface area contributed by atoms with Gasteiger partial charge in [-0.2, -0.15) is 0 Å². The maximum atomic E-state index is 4.07. The highest BCUT2D eigenvalue weighted by Crippen LogP contribution is 2.24. The highest BCUT2D eigenvalue weighted by molar-refractivity contribution is 5.67. The summed E-state index contributed by atoms with van der Waals surface area (Å²) in [4.78, 5) is 6.35. The Kier molecular flexibility index (Phi) is 4.69. The molecule has 0 N–H and O–H groups in total. The van der Waals surface area contributed by atoms with Crippen LogP contribution < -0.4 is 17.0 Å². The predicted octanol–water partition coefficient (Wildman–Crippen LogP) is -0.671. The summed E-state index contributed by atoms with van der Waals surface area (Å²) in [5, 5.41) is 0. The van der Waals surface area contributed by atoms with Crippen LogP contribution in [0.25, 0.3) is 0 Å². The van der Waals surface area contributed by atoms with Crippen molar-refractivity contribution in [2.75, 3.05) is 13.1 Å². The zero-order chi connectivity index (χ0) is 9.80. The molecule has 0 atom stereocenters. The number of allylic oxidation sites excluding steroid dienone is 3. The molecule has 0 aromatic heterocycles. The normalized spacial score (nSPS) is 18.9. The van der Waals surface area contributed by atoms with E-state index in [1.165, 1.54) is 11.5 Å².